The highest BCUT2D eigenvalue weighted by Gasteiger charge is 2.13. The van der Waals surface area contributed by atoms with Crippen molar-refractivity contribution in [3.8, 4) is 0 Å². The summed E-state index contributed by atoms with van der Waals surface area (Å²) in [6, 6.07) is 9.04. The predicted molar refractivity (Wildman–Crippen MR) is 53.3 cm³/mol. The molecule has 0 bridgehead atoms. The van der Waals surface area contributed by atoms with Gasteiger partial charge < -0.3 is 5.73 Å². The first kappa shape index (κ1) is 9.93. The van der Waals surface area contributed by atoms with Gasteiger partial charge in [0.15, 0.2) is 5.78 Å². The topological polar surface area (TPSA) is 43.1 Å². The second-order valence-corrected chi connectivity index (χ2v) is 3.10. The molecule has 0 aromatic heterocycles. The van der Waals surface area contributed by atoms with Crippen LogP contribution in [0, 0.1) is 0 Å². The first-order valence-electron chi connectivity index (χ1n) is 4.59. The van der Waals surface area contributed by atoms with E-state index in [0.29, 0.717) is 6.42 Å². The van der Waals surface area contributed by atoms with Crippen molar-refractivity contribution in [2.45, 2.75) is 25.8 Å². The van der Waals surface area contributed by atoms with Crippen molar-refractivity contribution in [2.24, 2.45) is 5.73 Å². The van der Waals surface area contributed by atoms with E-state index in [1.54, 1.807) is 0 Å². The molecule has 1 aromatic rings. The Morgan fingerprint density at radius 3 is 2.54 bits per heavy atom. The maximum atomic E-state index is 11.4. The van der Waals surface area contributed by atoms with E-state index >= 15 is 0 Å². The van der Waals surface area contributed by atoms with Crippen molar-refractivity contribution >= 4 is 5.78 Å². The lowest BCUT2D eigenvalue weighted by Crippen LogP contribution is -2.20. The molecule has 0 heterocycles. The maximum Gasteiger partial charge on any atom is 0.154 e. The van der Waals surface area contributed by atoms with Crippen molar-refractivity contribution in [1.29, 1.82) is 0 Å². The van der Waals surface area contributed by atoms with Gasteiger partial charge in [-0.1, -0.05) is 37.3 Å². The number of nitrogens with two attached hydrogens (primary N) is 1. The number of Topliss-reactive ketones (excluding diaryl/α,β-unsaturated/α-hetero) is 1. The van der Waals surface area contributed by atoms with Crippen LogP contribution in [0.3, 0.4) is 0 Å². The highest BCUT2D eigenvalue weighted by Crippen LogP contribution is 2.12. The van der Waals surface area contributed by atoms with Crippen LogP contribution in [-0.2, 0) is 4.79 Å². The number of rotatable bonds is 4. The molecule has 0 radical (unpaired) electrons. The second kappa shape index (κ2) is 4.77. The molecule has 13 heavy (non-hydrogen) atoms. The van der Waals surface area contributed by atoms with Gasteiger partial charge in [-0.3, -0.25) is 4.79 Å². The van der Waals surface area contributed by atoms with Crippen LogP contribution in [0.1, 0.15) is 31.4 Å². The summed E-state index contributed by atoms with van der Waals surface area (Å²) in [6.07, 6.45) is 1.43. The van der Waals surface area contributed by atoms with Gasteiger partial charge in [-0.05, 0) is 12.0 Å². The highest BCUT2D eigenvalue weighted by molar-refractivity contribution is 5.84. The molecule has 0 saturated carbocycles. The van der Waals surface area contributed by atoms with E-state index in [1.807, 2.05) is 37.3 Å². The number of ketones is 1. The summed E-state index contributed by atoms with van der Waals surface area (Å²) in [4.78, 5) is 11.4. The molecular weight excluding hydrogens is 162 g/mol. The third-order valence-electron chi connectivity index (χ3n) is 2.00. The SMILES string of the molecule is CCCC(=O)[C@H](N)c1ccccc1. The average molecular weight is 177 g/mol. The zero-order valence-electron chi connectivity index (χ0n) is 7.86. The van der Waals surface area contributed by atoms with Crippen LogP contribution in [0.15, 0.2) is 30.3 Å². The summed E-state index contributed by atoms with van der Waals surface area (Å²) >= 11 is 0. The summed E-state index contributed by atoms with van der Waals surface area (Å²) in [5.74, 6) is 0.119. The standard InChI is InChI=1S/C11H15NO/c1-2-6-10(13)11(12)9-7-4-3-5-8-9/h3-5,7-8,11H,2,6,12H2,1H3/t11-/m1/s1. The fourth-order valence-electron chi connectivity index (χ4n) is 1.25. The fraction of sp³-hybridized carbons (Fsp3) is 0.364. The van der Waals surface area contributed by atoms with E-state index < -0.39 is 6.04 Å². The van der Waals surface area contributed by atoms with Gasteiger partial charge in [-0.15, -0.1) is 0 Å². The molecule has 1 aromatic carbocycles. The minimum atomic E-state index is -0.443. The predicted octanol–water partition coefficient (Wildman–Crippen LogP) is 2.06. The van der Waals surface area contributed by atoms with Gasteiger partial charge >= 0.3 is 0 Å². The highest BCUT2D eigenvalue weighted by atomic mass is 16.1. The Hall–Kier alpha value is -1.15. The molecule has 2 nitrogen and oxygen atoms in total. The molecule has 0 saturated heterocycles. The van der Waals surface area contributed by atoms with Crippen LogP contribution in [0.5, 0.6) is 0 Å². The van der Waals surface area contributed by atoms with Crippen molar-refractivity contribution in [2.75, 3.05) is 0 Å². The van der Waals surface area contributed by atoms with E-state index in [4.69, 9.17) is 5.73 Å². The molecule has 1 atom stereocenters. The molecule has 0 fully saturated rings. The van der Waals surface area contributed by atoms with E-state index in [0.717, 1.165) is 12.0 Å². The minimum Gasteiger partial charge on any atom is -0.318 e. The van der Waals surface area contributed by atoms with Crippen molar-refractivity contribution < 1.29 is 4.79 Å². The Morgan fingerprint density at radius 1 is 1.38 bits per heavy atom. The smallest absolute Gasteiger partial charge is 0.154 e. The van der Waals surface area contributed by atoms with Gasteiger partial charge in [0, 0.05) is 6.42 Å². The van der Waals surface area contributed by atoms with Crippen LogP contribution in [0.25, 0.3) is 0 Å². The Balaban J connectivity index is 2.68. The second-order valence-electron chi connectivity index (χ2n) is 3.10. The summed E-state index contributed by atoms with van der Waals surface area (Å²) in [5, 5.41) is 0. The number of benzene rings is 1. The molecule has 0 unspecified atom stereocenters. The summed E-state index contributed by atoms with van der Waals surface area (Å²) in [5.41, 5.74) is 6.68. The molecule has 0 amide bonds. The third-order valence-corrected chi connectivity index (χ3v) is 2.00. The van der Waals surface area contributed by atoms with Gasteiger partial charge in [0.2, 0.25) is 0 Å². The molecule has 0 aliphatic carbocycles. The molecule has 2 heteroatoms. The first-order chi connectivity index (χ1) is 6.25. The van der Waals surface area contributed by atoms with E-state index in [1.165, 1.54) is 0 Å². The van der Waals surface area contributed by atoms with Gasteiger partial charge in [-0.25, -0.2) is 0 Å². The van der Waals surface area contributed by atoms with Crippen molar-refractivity contribution in [3.63, 3.8) is 0 Å². The van der Waals surface area contributed by atoms with Gasteiger partial charge in [0.1, 0.15) is 0 Å². The van der Waals surface area contributed by atoms with Crippen LogP contribution in [0.4, 0.5) is 0 Å². The molecule has 1 rings (SSSR count). The zero-order chi connectivity index (χ0) is 9.68. The monoisotopic (exact) mass is 177 g/mol. The summed E-state index contributed by atoms with van der Waals surface area (Å²) in [7, 11) is 0. The largest absolute Gasteiger partial charge is 0.318 e. The maximum absolute atomic E-state index is 11.4. The number of carbonyl (C=O) groups excluding carboxylic acids is 1. The minimum absolute atomic E-state index is 0.119. The van der Waals surface area contributed by atoms with Crippen molar-refractivity contribution in [1.82, 2.24) is 0 Å². The molecular formula is C11H15NO. The molecule has 70 valence electrons. The van der Waals surface area contributed by atoms with E-state index in [2.05, 4.69) is 0 Å². The van der Waals surface area contributed by atoms with E-state index in [9.17, 15) is 4.79 Å². The Morgan fingerprint density at radius 2 is 2.00 bits per heavy atom. The van der Waals surface area contributed by atoms with Crippen LogP contribution in [0.2, 0.25) is 0 Å². The number of hydrogen-bond donors (Lipinski definition) is 1. The molecule has 0 aliphatic rings. The van der Waals surface area contributed by atoms with Gasteiger partial charge in [-0.2, -0.15) is 0 Å². The van der Waals surface area contributed by atoms with Crippen molar-refractivity contribution in [3.05, 3.63) is 35.9 Å². The number of carbonyl (C=O) groups is 1. The van der Waals surface area contributed by atoms with E-state index in [-0.39, 0.29) is 5.78 Å². The third kappa shape index (κ3) is 2.67. The Bertz CT molecular complexity index is 269. The van der Waals surface area contributed by atoms with Crippen LogP contribution >= 0.6 is 0 Å². The fourth-order valence-corrected chi connectivity index (χ4v) is 1.25. The van der Waals surface area contributed by atoms with Gasteiger partial charge in [0.05, 0.1) is 6.04 Å². The first-order valence-corrected chi connectivity index (χ1v) is 4.59. The zero-order valence-corrected chi connectivity index (χ0v) is 7.86. The Labute approximate surface area is 78.8 Å². The average Bonchev–Trinajstić information content (AvgIpc) is 2.18. The van der Waals surface area contributed by atoms with Gasteiger partial charge in [0.25, 0.3) is 0 Å². The molecule has 2 N–H and O–H groups in total. The van der Waals surface area contributed by atoms with Crippen LogP contribution < -0.4 is 5.73 Å². The molecule has 0 spiro atoms. The lowest BCUT2D eigenvalue weighted by atomic mass is 10.0. The number of hydrogen-bond acceptors (Lipinski definition) is 2. The van der Waals surface area contributed by atoms with Crippen LogP contribution in [-0.4, -0.2) is 5.78 Å². The summed E-state index contributed by atoms with van der Waals surface area (Å²) < 4.78 is 0. The normalized spacial score (nSPS) is 12.5. The Kier molecular flexibility index (Phi) is 3.65. The lowest BCUT2D eigenvalue weighted by molar-refractivity contribution is -0.120. The lowest BCUT2D eigenvalue weighted by Gasteiger charge is -2.09. The molecule has 0 aliphatic heterocycles. The quantitative estimate of drug-likeness (QED) is 0.765. The summed E-state index contributed by atoms with van der Waals surface area (Å²) in [6.45, 7) is 1.98.